The number of methoxy groups -OCH3 is 1. The number of esters is 1. The van der Waals surface area contributed by atoms with Crippen molar-refractivity contribution in [1.82, 2.24) is 9.62 Å². The van der Waals surface area contributed by atoms with Crippen molar-refractivity contribution < 1.29 is 27.5 Å². The van der Waals surface area contributed by atoms with Crippen LogP contribution in [0.5, 0.6) is 5.75 Å². The lowest BCUT2D eigenvalue weighted by atomic mass is 10.1. The zero-order valence-corrected chi connectivity index (χ0v) is 16.1. The molecule has 0 atom stereocenters. The van der Waals surface area contributed by atoms with Gasteiger partial charge in [-0.3, -0.25) is 4.79 Å². The number of nitrogens with zero attached hydrogens (tertiary/aromatic N) is 1. The van der Waals surface area contributed by atoms with Crippen LogP contribution in [0.1, 0.15) is 31.1 Å². The summed E-state index contributed by atoms with van der Waals surface area (Å²) in [7, 11) is 0.266. The summed E-state index contributed by atoms with van der Waals surface area (Å²) in [6, 6.07) is 3.90. The van der Waals surface area contributed by atoms with Crippen LogP contribution in [0.15, 0.2) is 23.1 Å². The summed E-state index contributed by atoms with van der Waals surface area (Å²) >= 11 is 0. The number of hydrogen-bond acceptors (Lipinski definition) is 6. The summed E-state index contributed by atoms with van der Waals surface area (Å²) in [4.78, 5) is 23.7. The molecule has 0 aliphatic rings. The van der Waals surface area contributed by atoms with E-state index in [1.807, 2.05) is 0 Å². The standard InChI is InChI=1S/C16H24N2O6S/c1-16(2,3)17-14(19)10-24-15(20)11-7-8-12(23-6)13(9-11)25(21,22)18(4)5/h7-9H,10H2,1-6H3,(H,17,19). The first-order chi connectivity index (χ1) is 11.4. The topological polar surface area (TPSA) is 102 Å². The number of amides is 1. The zero-order valence-electron chi connectivity index (χ0n) is 15.2. The molecule has 0 aliphatic carbocycles. The summed E-state index contributed by atoms with van der Waals surface area (Å²) < 4.78 is 35.7. The number of sulfonamides is 1. The molecule has 0 saturated heterocycles. The third-order valence-corrected chi connectivity index (χ3v) is 4.84. The van der Waals surface area contributed by atoms with Gasteiger partial charge in [-0.25, -0.2) is 17.5 Å². The third-order valence-electron chi connectivity index (χ3n) is 3.01. The van der Waals surface area contributed by atoms with Crippen molar-refractivity contribution in [3.8, 4) is 5.75 Å². The molecule has 1 rings (SSSR count). The van der Waals surface area contributed by atoms with Gasteiger partial charge in [0.05, 0.1) is 12.7 Å². The largest absolute Gasteiger partial charge is 0.495 e. The van der Waals surface area contributed by atoms with E-state index in [0.29, 0.717) is 0 Å². The Hall–Kier alpha value is -2.13. The minimum absolute atomic E-state index is 0.00443. The SMILES string of the molecule is COc1ccc(C(=O)OCC(=O)NC(C)(C)C)cc1S(=O)(=O)N(C)C. The molecule has 1 aromatic rings. The minimum atomic E-state index is -3.81. The molecule has 0 unspecified atom stereocenters. The van der Waals surface area contributed by atoms with E-state index in [-0.39, 0.29) is 16.2 Å². The molecule has 0 fully saturated rings. The number of carbonyl (C=O) groups is 2. The molecular weight excluding hydrogens is 348 g/mol. The van der Waals surface area contributed by atoms with E-state index in [9.17, 15) is 18.0 Å². The predicted molar refractivity (Wildman–Crippen MR) is 92.0 cm³/mol. The second kappa shape index (κ2) is 7.83. The summed E-state index contributed by atoms with van der Waals surface area (Å²) in [6.07, 6.45) is 0. The van der Waals surface area contributed by atoms with Crippen LogP contribution in [0.4, 0.5) is 0 Å². The number of nitrogens with one attached hydrogen (secondary N) is 1. The average molecular weight is 372 g/mol. The molecular formula is C16H24N2O6S. The Morgan fingerprint density at radius 2 is 1.80 bits per heavy atom. The highest BCUT2D eigenvalue weighted by Gasteiger charge is 2.24. The monoisotopic (exact) mass is 372 g/mol. The molecule has 0 saturated carbocycles. The molecule has 8 nitrogen and oxygen atoms in total. The van der Waals surface area contributed by atoms with Gasteiger partial charge < -0.3 is 14.8 Å². The van der Waals surface area contributed by atoms with Gasteiger partial charge in [-0.1, -0.05) is 0 Å². The van der Waals surface area contributed by atoms with Crippen LogP contribution in [0, 0.1) is 0 Å². The molecule has 1 aromatic carbocycles. The fraction of sp³-hybridized carbons (Fsp3) is 0.500. The molecule has 0 bridgehead atoms. The zero-order chi connectivity index (χ0) is 19.4. The van der Waals surface area contributed by atoms with Gasteiger partial charge in [0.2, 0.25) is 10.0 Å². The van der Waals surface area contributed by atoms with Crippen molar-refractivity contribution in [2.45, 2.75) is 31.2 Å². The molecule has 0 aromatic heterocycles. The summed E-state index contributed by atoms with van der Waals surface area (Å²) in [5.74, 6) is -1.15. The van der Waals surface area contributed by atoms with Gasteiger partial charge in [0.25, 0.3) is 5.91 Å². The molecule has 1 amide bonds. The summed E-state index contributed by atoms with van der Waals surface area (Å²) in [5, 5.41) is 2.66. The highest BCUT2D eigenvalue weighted by Crippen LogP contribution is 2.27. The maximum absolute atomic E-state index is 12.3. The van der Waals surface area contributed by atoms with Crippen LogP contribution < -0.4 is 10.1 Å². The van der Waals surface area contributed by atoms with Gasteiger partial charge in [0.15, 0.2) is 6.61 Å². The number of carbonyl (C=O) groups excluding carboxylic acids is 2. The molecule has 9 heteroatoms. The van der Waals surface area contributed by atoms with Crippen molar-refractivity contribution in [3.05, 3.63) is 23.8 Å². The second-order valence-electron chi connectivity index (χ2n) is 6.53. The van der Waals surface area contributed by atoms with Gasteiger partial charge in [0, 0.05) is 19.6 Å². The maximum atomic E-state index is 12.3. The van der Waals surface area contributed by atoms with E-state index in [4.69, 9.17) is 9.47 Å². The molecule has 25 heavy (non-hydrogen) atoms. The van der Waals surface area contributed by atoms with Crippen molar-refractivity contribution in [2.24, 2.45) is 0 Å². The highest BCUT2D eigenvalue weighted by atomic mass is 32.2. The smallest absolute Gasteiger partial charge is 0.338 e. The summed E-state index contributed by atoms with van der Waals surface area (Å²) in [5.41, 5.74) is -0.443. The quantitative estimate of drug-likeness (QED) is 0.748. The van der Waals surface area contributed by atoms with Crippen molar-refractivity contribution in [1.29, 1.82) is 0 Å². The van der Waals surface area contributed by atoms with E-state index in [0.717, 1.165) is 10.4 Å². The van der Waals surface area contributed by atoms with Crippen molar-refractivity contribution in [3.63, 3.8) is 0 Å². The normalized spacial score (nSPS) is 12.0. The number of hydrogen-bond donors (Lipinski definition) is 1. The average Bonchev–Trinajstić information content (AvgIpc) is 2.50. The second-order valence-corrected chi connectivity index (χ2v) is 8.65. The highest BCUT2D eigenvalue weighted by molar-refractivity contribution is 7.89. The lowest BCUT2D eigenvalue weighted by Gasteiger charge is -2.20. The van der Waals surface area contributed by atoms with Gasteiger partial charge in [-0.15, -0.1) is 0 Å². The number of ether oxygens (including phenoxy) is 2. The van der Waals surface area contributed by atoms with Crippen molar-refractivity contribution in [2.75, 3.05) is 27.8 Å². The Bertz CT molecular complexity index is 750. The van der Waals surface area contributed by atoms with Gasteiger partial charge in [-0.2, -0.15) is 0 Å². The van der Waals surface area contributed by atoms with Crippen LogP contribution in [0.2, 0.25) is 0 Å². The van der Waals surface area contributed by atoms with E-state index < -0.39 is 34.0 Å². The van der Waals surface area contributed by atoms with E-state index in [1.54, 1.807) is 20.8 Å². The third kappa shape index (κ3) is 5.71. The lowest BCUT2D eigenvalue weighted by Crippen LogP contribution is -2.42. The van der Waals surface area contributed by atoms with Gasteiger partial charge >= 0.3 is 5.97 Å². The predicted octanol–water partition coefficient (Wildman–Crippen LogP) is 1.02. The van der Waals surface area contributed by atoms with E-state index in [2.05, 4.69) is 5.32 Å². The van der Waals surface area contributed by atoms with E-state index >= 15 is 0 Å². The van der Waals surface area contributed by atoms with Crippen LogP contribution in [0.3, 0.4) is 0 Å². The molecule has 0 aliphatic heterocycles. The minimum Gasteiger partial charge on any atom is -0.495 e. The van der Waals surface area contributed by atoms with Crippen LogP contribution in [-0.4, -0.2) is 58.0 Å². The number of rotatable bonds is 6. The van der Waals surface area contributed by atoms with E-state index in [1.165, 1.54) is 33.3 Å². The van der Waals surface area contributed by atoms with Gasteiger partial charge in [-0.05, 0) is 39.0 Å². The van der Waals surface area contributed by atoms with Crippen LogP contribution in [0.25, 0.3) is 0 Å². The fourth-order valence-corrected chi connectivity index (χ4v) is 2.95. The molecule has 0 heterocycles. The molecule has 0 radical (unpaired) electrons. The van der Waals surface area contributed by atoms with Gasteiger partial charge in [0.1, 0.15) is 10.6 Å². The first-order valence-electron chi connectivity index (χ1n) is 7.47. The first-order valence-corrected chi connectivity index (χ1v) is 8.91. The maximum Gasteiger partial charge on any atom is 0.338 e. The Morgan fingerprint density at radius 3 is 2.28 bits per heavy atom. The first kappa shape index (κ1) is 20.9. The number of benzene rings is 1. The lowest BCUT2D eigenvalue weighted by molar-refractivity contribution is -0.125. The Balaban J connectivity index is 3.00. The summed E-state index contributed by atoms with van der Waals surface area (Å²) in [6.45, 7) is 4.94. The fourth-order valence-electron chi connectivity index (χ4n) is 1.87. The molecule has 1 N–H and O–H groups in total. The van der Waals surface area contributed by atoms with Crippen LogP contribution >= 0.6 is 0 Å². The van der Waals surface area contributed by atoms with Crippen LogP contribution in [-0.2, 0) is 19.6 Å². The molecule has 0 spiro atoms. The Kier molecular flexibility index (Phi) is 6.55. The molecule has 140 valence electrons. The Labute approximate surface area is 148 Å². The van der Waals surface area contributed by atoms with Crippen molar-refractivity contribution >= 4 is 21.9 Å². The Morgan fingerprint density at radius 1 is 1.20 bits per heavy atom.